The molecule has 4 heteroatoms. The van der Waals surface area contributed by atoms with Gasteiger partial charge in [-0.1, -0.05) is 30.3 Å². The Kier molecular flexibility index (Phi) is 2.47. The number of hydrogen-bond acceptors (Lipinski definition) is 3. The number of likely N-dealkylation sites (tertiary alicyclic amines) is 1. The summed E-state index contributed by atoms with van der Waals surface area (Å²) < 4.78 is 0. The van der Waals surface area contributed by atoms with Crippen LogP contribution in [-0.2, 0) is 9.59 Å². The fraction of sp³-hybridized carbons (Fsp3) is 0.385. The fourth-order valence-corrected chi connectivity index (χ4v) is 4.31. The van der Waals surface area contributed by atoms with Crippen molar-refractivity contribution in [3.8, 4) is 0 Å². The van der Waals surface area contributed by atoms with E-state index in [4.69, 9.17) is 0 Å². The highest BCUT2D eigenvalue weighted by atomic mass is 32.2. The van der Waals surface area contributed by atoms with Gasteiger partial charge >= 0.3 is 0 Å². The Morgan fingerprint density at radius 3 is 2.59 bits per heavy atom. The Bertz CT molecular complexity index is 474. The second-order valence-corrected chi connectivity index (χ2v) is 5.71. The second-order valence-electron chi connectivity index (χ2n) is 4.53. The number of fused-ring (bicyclic) bond motifs is 1. The molecule has 17 heavy (non-hydrogen) atoms. The third kappa shape index (κ3) is 1.51. The zero-order chi connectivity index (χ0) is 12.0. The molecule has 2 aliphatic rings. The van der Waals surface area contributed by atoms with Crippen LogP contribution in [-0.4, -0.2) is 29.5 Å². The predicted octanol–water partition coefficient (Wildman–Crippen LogP) is 1.71. The first-order valence-corrected chi connectivity index (χ1v) is 6.73. The van der Waals surface area contributed by atoms with Crippen LogP contribution in [0.4, 0.5) is 0 Å². The monoisotopic (exact) mass is 247 g/mol. The lowest BCUT2D eigenvalue weighted by atomic mass is 9.90. The van der Waals surface area contributed by atoms with E-state index in [0.29, 0.717) is 0 Å². The number of carbonyl (C=O) groups is 2. The molecule has 1 aromatic carbocycles. The van der Waals surface area contributed by atoms with Gasteiger partial charge in [-0.2, -0.15) is 11.8 Å². The SMILES string of the molecule is CN1C(=O)[C@H]2[C@H](CS[C@H]2c2ccccc2)C1=O. The quantitative estimate of drug-likeness (QED) is 0.709. The Labute approximate surface area is 104 Å². The number of thioether (sulfide) groups is 1. The maximum absolute atomic E-state index is 12.1. The van der Waals surface area contributed by atoms with Crippen molar-refractivity contribution in [2.45, 2.75) is 5.25 Å². The van der Waals surface area contributed by atoms with Gasteiger partial charge in [0.05, 0.1) is 11.8 Å². The van der Waals surface area contributed by atoms with Gasteiger partial charge in [0.15, 0.2) is 0 Å². The summed E-state index contributed by atoms with van der Waals surface area (Å²) in [5, 5.41) is 0.141. The zero-order valence-corrected chi connectivity index (χ0v) is 10.3. The van der Waals surface area contributed by atoms with Gasteiger partial charge < -0.3 is 0 Å². The van der Waals surface area contributed by atoms with E-state index in [0.717, 1.165) is 11.3 Å². The highest BCUT2D eigenvalue weighted by Gasteiger charge is 2.53. The molecule has 2 aliphatic heterocycles. The van der Waals surface area contributed by atoms with Crippen LogP contribution in [0.1, 0.15) is 10.8 Å². The molecule has 0 radical (unpaired) electrons. The van der Waals surface area contributed by atoms with Crippen molar-refractivity contribution in [2.24, 2.45) is 11.8 Å². The van der Waals surface area contributed by atoms with Crippen LogP contribution >= 0.6 is 11.8 Å². The smallest absolute Gasteiger partial charge is 0.234 e. The summed E-state index contributed by atoms with van der Waals surface area (Å²) in [7, 11) is 1.59. The van der Waals surface area contributed by atoms with Crippen molar-refractivity contribution in [1.82, 2.24) is 4.90 Å². The van der Waals surface area contributed by atoms with E-state index in [1.807, 2.05) is 30.3 Å². The Morgan fingerprint density at radius 1 is 1.18 bits per heavy atom. The molecule has 0 spiro atoms. The first-order valence-electron chi connectivity index (χ1n) is 5.68. The van der Waals surface area contributed by atoms with Gasteiger partial charge in [-0.25, -0.2) is 0 Å². The largest absolute Gasteiger partial charge is 0.285 e. The van der Waals surface area contributed by atoms with Crippen molar-refractivity contribution in [3.63, 3.8) is 0 Å². The van der Waals surface area contributed by atoms with Crippen LogP contribution < -0.4 is 0 Å². The molecule has 3 atom stereocenters. The molecule has 88 valence electrons. The third-order valence-electron chi connectivity index (χ3n) is 3.61. The lowest BCUT2D eigenvalue weighted by molar-refractivity contribution is -0.138. The number of carbonyl (C=O) groups excluding carboxylic acids is 2. The molecule has 0 N–H and O–H groups in total. The van der Waals surface area contributed by atoms with Crippen LogP contribution in [0.25, 0.3) is 0 Å². The molecule has 2 saturated heterocycles. The van der Waals surface area contributed by atoms with Gasteiger partial charge in [-0.15, -0.1) is 0 Å². The van der Waals surface area contributed by atoms with Crippen LogP contribution in [0.5, 0.6) is 0 Å². The lowest BCUT2D eigenvalue weighted by Gasteiger charge is -2.16. The van der Waals surface area contributed by atoms with Gasteiger partial charge in [0.25, 0.3) is 0 Å². The molecule has 0 bridgehead atoms. The van der Waals surface area contributed by atoms with E-state index in [1.165, 1.54) is 4.90 Å². The van der Waals surface area contributed by atoms with Crippen molar-refractivity contribution >= 4 is 23.6 Å². The Balaban J connectivity index is 1.96. The maximum Gasteiger partial charge on any atom is 0.234 e. The minimum atomic E-state index is -0.153. The van der Waals surface area contributed by atoms with Crippen molar-refractivity contribution in [1.29, 1.82) is 0 Å². The molecular formula is C13H13NO2S. The number of imide groups is 1. The number of hydrogen-bond donors (Lipinski definition) is 0. The number of amides is 2. The molecule has 0 aromatic heterocycles. The molecular weight excluding hydrogens is 234 g/mol. The van der Waals surface area contributed by atoms with E-state index < -0.39 is 0 Å². The van der Waals surface area contributed by atoms with E-state index >= 15 is 0 Å². The summed E-state index contributed by atoms with van der Waals surface area (Å²) in [6.07, 6.45) is 0. The van der Waals surface area contributed by atoms with Crippen molar-refractivity contribution < 1.29 is 9.59 Å². The molecule has 0 unspecified atom stereocenters. The van der Waals surface area contributed by atoms with Crippen LogP contribution in [0.3, 0.4) is 0 Å². The Morgan fingerprint density at radius 2 is 1.88 bits per heavy atom. The van der Waals surface area contributed by atoms with Gasteiger partial charge in [-0.05, 0) is 5.56 Å². The summed E-state index contributed by atoms with van der Waals surface area (Å²) in [6.45, 7) is 0. The predicted molar refractivity (Wildman–Crippen MR) is 66.4 cm³/mol. The van der Waals surface area contributed by atoms with Crippen LogP contribution in [0.2, 0.25) is 0 Å². The summed E-state index contributed by atoms with van der Waals surface area (Å²) in [5.41, 5.74) is 1.15. The van der Waals surface area contributed by atoms with E-state index in [1.54, 1.807) is 18.8 Å². The minimum absolute atomic E-state index is 0.00840. The van der Waals surface area contributed by atoms with Crippen molar-refractivity contribution in [3.05, 3.63) is 35.9 Å². The topological polar surface area (TPSA) is 37.4 Å². The zero-order valence-electron chi connectivity index (χ0n) is 9.50. The van der Waals surface area contributed by atoms with Gasteiger partial charge in [0.1, 0.15) is 0 Å². The van der Waals surface area contributed by atoms with E-state index in [2.05, 4.69) is 0 Å². The molecule has 2 fully saturated rings. The van der Waals surface area contributed by atoms with E-state index in [-0.39, 0.29) is 28.9 Å². The fourth-order valence-electron chi connectivity index (χ4n) is 2.68. The normalized spacial score (nSPS) is 32.1. The number of rotatable bonds is 1. The van der Waals surface area contributed by atoms with E-state index in [9.17, 15) is 9.59 Å². The maximum atomic E-state index is 12.1. The first-order chi connectivity index (χ1) is 8.20. The summed E-state index contributed by atoms with van der Waals surface area (Å²) in [5.74, 6) is 0.478. The minimum Gasteiger partial charge on any atom is -0.285 e. The van der Waals surface area contributed by atoms with Gasteiger partial charge in [-0.3, -0.25) is 14.5 Å². The summed E-state index contributed by atoms with van der Waals surface area (Å²) >= 11 is 1.73. The number of benzene rings is 1. The molecule has 1 aromatic rings. The molecule has 2 amide bonds. The highest BCUT2D eigenvalue weighted by Crippen LogP contribution is 2.51. The second kappa shape index (κ2) is 3.88. The summed E-state index contributed by atoms with van der Waals surface area (Å²) in [6, 6.07) is 10.0. The average Bonchev–Trinajstić information content (AvgIpc) is 2.88. The standard InChI is InChI=1S/C13H13NO2S/c1-14-12(15)9-7-17-11(10(9)13(14)16)8-5-3-2-4-6-8/h2-6,9-11H,7H2,1H3/t9-,10-,11-/m0/s1. The highest BCUT2D eigenvalue weighted by molar-refractivity contribution is 7.99. The van der Waals surface area contributed by atoms with Crippen LogP contribution in [0, 0.1) is 11.8 Å². The lowest BCUT2D eigenvalue weighted by Crippen LogP contribution is -2.27. The molecule has 3 nitrogen and oxygen atoms in total. The average molecular weight is 247 g/mol. The Hall–Kier alpha value is -1.29. The first kappa shape index (κ1) is 10.8. The summed E-state index contributed by atoms with van der Waals surface area (Å²) in [4.78, 5) is 25.2. The number of nitrogens with zero attached hydrogens (tertiary/aromatic N) is 1. The van der Waals surface area contributed by atoms with Crippen molar-refractivity contribution in [2.75, 3.05) is 12.8 Å². The van der Waals surface area contributed by atoms with Crippen LogP contribution in [0.15, 0.2) is 30.3 Å². The molecule has 0 saturated carbocycles. The molecule has 3 rings (SSSR count). The third-order valence-corrected chi connectivity index (χ3v) is 5.08. The van der Waals surface area contributed by atoms with Gasteiger partial charge in [0.2, 0.25) is 11.8 Å². The van der Waals surface area contributed by atoms with Gasteiger partial charge in [0, 0.05) is 18.1 Å². The molecule has 0 aliphatic carbocycles. The molecule has 2 heterocycles.